The van der Waals surface area contributed by atoms with Crippen LogP contribution in [0.1, 0.15) is 11.1 Å². The van der Waals surface area contributed by atoms with Crippen LogP contribution in [0.15, 0.2) is 54.7 Å². The number of para-hydroxylation sites is 1. The van der Waals surface area contributed by atoms with E-state index in [2.05, 4.69) is 54.2 Å². The fourth-order valence-corrected chi connectivity index (χ4v) is 2.38. The van der Waals surface area contributed by atoms with Gasteiger partial charge in [0.25, 0.3) is 0 Å². The molecule has 0 bridgehead atoms. The fraction of sp³-hybridized carbons (Fsp3) is 0.111. The normalized spacial score (nSPS) is 11.3. The van der Waals surface area contributed by atoms with Gasteiger partial charge in [-0.05, 0) is 42.3 Å². The average molecular weight is 263 g/mol. The second-order valence-electron chi connectivity index (χ2n) is 4.83. The number of aromatic nitrogens is 1. The van der Waals surface area contributed by atoms with E-state index in [9.17, 15) is 0 Å². The van der Waals surface area contributed by atoms with Crippen LogP contribution in [-0.4, -0.2) is 11.7 Å². The molecule has 0 fully saturated rings. The molecule has 3 aromatic rings. The van der Waals surface area contributed by atoms with Gasteiger partial charge >= 0.3 is 0 Å². The first-order valence-corrected chi connectivity index (χ1v) is 6.66. The van der Waals surface area contributed by atoms with E-state index >= 15 is 0 Å². The van der Waals surface area contributed by atoms with Crippen LogP contribution in [-0.2, 0) is 0 Å². The van der Waals surface area contributed by atoms with E-state index in [-0.39, 0.29) is 0 Å². The van der Waals surface area contributed by atoms with Gasteiger partial charge in [0.2, 0.25) is 0 Å². The third kappa shape index (κ3) is 2.32. The molecule has 0 aliphatic heterocycles. The lowest BCUT2D eigenvalue weighted by molar-refractivity contribution is 0.415. The summed E-state index contributed by atoms with van der Waals surface area (Å²) in [4.78, 5) is 0. The van der Waals surface area contributed by atoms with Gasteiger partial charge in [0.05, 0.1) is 12.6 Å². The van der Waals surface area contributed by atoms with Crippen LogP contribution in [0.3, 0.4) is 0 Å². The quantitative estimate of drug-likeness (QED) is 0.674. The third-order valence-corrected chi connectivity index (χ3v) is 3.48. The maximum Gasteiger partial charge on any atom is 0.118 e. The average Bonchev–Trinajstić information content (AvgIpc) is 2.83. The Labute approximate surface area is 118 Å². The van der Waals surface area contributed by atoms with E-state index in [0.717, 1.165) is 11.3 Å². The van der Waals surface area contributed by atoms with Crippen molar-refractivity contribution in [2.45, 2.75) is 6.92 Å². The highest BCUT2D eigenvalue weighted by atomic mass is 16.5. The summed E-state index contributed by atoms with van der Waals surface area (Å²) in [5, 5.41) is 1.30. The number of nitrogens with zero attached hydrogens (tertiary/aromatic N) is 1. The molecule has 0 atom stereocenters. The Bertz CT molecular complexity index is 751. The van der Waals surface area contributed by atoms with E-state index in [1.54, 1.807) is 7.11 Å². The second kappa shape index (κ2) is 5.25. The van der Waals surface area contributed by atoms with Gasteiger partial charge in [0.1, 0.15) is 5.75 Å². The van der Waals surface area contributed by atoms with Gasteiger partial charge in [-0.25, -0.2) is 0 Å². The minimum Gasteiger partial charge on any atom is -0.497 e. The van der Waals surface area contributed by atoms with E-state index < -0.39 is 0 Å². The zero-order valence-corrected chi connectivity index (χ0v) is 11.7. The minimum atomic E-state index is 0.879. The molecule has 2 nitrogen and oxygen atoms in total. The predicted molar refractivity (Wildman–Crippen MR) is 84.9 cm³/mol. The topological polar surface area (TPSA) is 14.2 Å². The lowest BCUT2D eigenvalue weighted by Crippen LogP contribution is -1.83. The van der Waals surface area contributed by atoms with Crippen LogP contribution in [0.5, 0.6) is 5.75 Å². The number of fused-ring (bicyclic) bond motifs is 1. The molecular weight excluding hydrogens is 246 g/mol. The highest BCUT2D eigenvalue weighted by molar-refractivity contribution is 5.86. The molecule has 0 aliphatic rings. The maximum absolute atomic E-state index is 5.16. The molecule has 0 aliphatic carbocycles. The largest absolute Gasteiger partial charge is 0.497 e. The molecule has 0 saturated carbocycles. The van der Waals surface area contributed by atoms with Gasteiger partial charge in [-0.3, -0.25) is 0 Å². The molecule has 0 spiro atoms. The summed E-state index contributed by atoms with van der Waals surface area (Å²) in [6.45, 7) is 2.14. The van der Waals surface area contributed by atoms with Crippen LogP contribution in [0.4, 0.5) is 0 Å². The summed E-state index contributed by atoms with van der Waals surface area (Å²) in [6.07, 6.45) is 6.35. The second-order valence-corrected chi connectivity index (χ2v) is 4.83. The van der Waals surface area contributed by atoms with Crippen molar-refractivity contribution in [1.29, 1.82) is 0 Å². The Morgan fingerprint density at radius 1 is 1.00 bits per heavy atom. The first-order chi connectivity index (χ1) is 9.78. The number of aryl methyl sites for hydroxylation is 1. The molecule has 0 radical (unpaired) electrons. The van der Waals surface area contributed by atoms with Crippen LogP contribution in [0, 0.1) is 6.92 Å². The molecule has 20 heavy (non-hydrogen) atoms. The standard InChI is InChI=1S/C18H17NO/c1-14-13-19(18-6-4-3-5-17(14)18)12-11-15-7-9-16(20-2)10-8-15/h3-13H,1-2H3/b12-11+. The summed E-state index contributed by atoms with van der Waals surface area (Å²) < 4.78 is 7.33. The molecule has 0 amide bonds. The molecule has 0 unspecified atom stereocenters. The van der Waals surface area contributed by atoms with Crippen molar-refractivity contribution in [3.8, 4) is 5.75 Å². The Hall–Kier alpha value is -2.48. The van der Waals surface area contributed by atoms with E-state index in [4.69, 9.17) is 4.74 Å². The van der Waals surface area contributed by atoms with Crippen molar-refractivity contribution in [3.05, 3.63) is 65.9 Å². The van der Waals surface area contributed by atoms with E-state index in [1.165, 1.54) is 16.5 Å². The van der Waals surface area contributed by atoms with Crippen molar-refractivity contribution < 1.29 is 4.74 Å². The summed E-state index contributed by atoms with van der Waals surface area (Å²) in [5.41, 5.74) is 3.68. The third-order valence-electron chi connectivity index (χ3n) is 3.48. The Morgan fingerprint density at radius 3 is 2.50 bits per heavy atom. The SMILES string of the molecule is COc1ccc(/C=C/n2cc(C)c3ccccc32)cc1. The first-order valence-electron chi connectivity index (χ1n) is 6.66. The van der Waals surface area contributed by atoms with Gasteiger partial charge in [-0.15, -0.1) is 0 Å². The molecule has 1 aromatic heterocycles. The van der Waals surface area contributed by atoms with Crippen molar-refractivity contribution in [3.63, 3.8) is 0 Å². The molecule has 100 valence electrons. The molecule has 3 rings (SSSR count). The maximum atomic E-state index is 5.16. The highest BCUT2D eigenvalue weighted by Gasteiger charge is 2.01. The monoisotopic (exact) mass is 263 g/mol. The van der Waals surface area contributed by atoms with Crippen LogP contribution in [0.25, 0.3) is 23.2 Å². The van der Waals surface area contributed by atoms with Crippen LogP contribution in [0.2, 0.25) is 0 Å². The summed E-state index contributed by atoms with van der Waals surface area (Å²) in [5.74, 6) is 0.879. The highest BCUT2D eigenvalue weighted by Crippen LogP contribution is 2.21. The smallest absolute Gasteiger partial charge is 0.118 e. The first kappa shape index (κ1) is 12.5. The Morgan fingerprint density at radius 2 is 1.75 bits per heavy atom. The van der Waals surface area contributed by atoms with Gasteiger partial charge in [-0.2, -0.15) is 0 Å². The number of rotatable bonds is 3. The fourth-order valence-electron chi connectivity index (χ4n) is 2.38. The van der Waals surface area contributed by atoms with Crippen LogP contribution < -0.4 is 4.74 Å². The molecule has 2 aromatic carbocycles. The number of hydrogen-bond donors (Lipinski definition) is 0. The summed E-state index contributed by atoms with van der Waals surface area (Å²) in [6, 6.07) is 16.5. The van der Waals surface area contributed by atoms with Crippen molar-refractivity contribution >= 4 is 23.2 Å². The van der Waals surface area contributed by atoms with E-state index in [0.29, 0.717) is 0 Å². The molecule has 2 heteroatoms. The van der Waals surface area contributed by atoms with Gasteiger partial charge < -0.3 is 9.30 Å². The number of ether oxygens (including phenoxy) is 1. The van der Waals surface area contributed by atoms with E-state index in [1.807, 2.05) is 24.3 Å². The zero-order valence-electron chi connectivity index (χ0n) is 11.7. The number of benzene rings is 2. The lowest BCUT2D eigenvalue weighted by atomic mass is 10.2. The summed E-state index contributed by atoms with van der Waals surface area (Å²) in [7, 11) is 1.68. The number of hydrogen-bond acceptors (Lipinski definition) is 1. The van der Waals surface area contributed by atoms with Crippen molar-refractivity contribution in [2.24, 2.45) is 0 Å². The van der Waals surface area contributed by atoms with Crippen LogP contribution >= 0.6 is 0 Å². The molecule has 1 heterocycles. The molecule has 0 N–H and O–H groups in total. The van der Waals surface area contributed by atoms with Gasteiger partial charge in [0.15, 0.2) is 0 Å². The van der Waals surface area contributed by atoms with Crippen molar-refractivity contribution in [1.82, 2.24) is 4.57 Å². The molecular formula is C18H17NO. The Balaban J connectivity index is 1.94. The zero-order chi connectivity index (χ0) is 13.9. The predicted octanol–water partition coefficient (Wildman–Crippen LogP) is 4.59. The molecule has 0 saturated heterocycles. The van der Waals surface area contributed by atoms with Crippen molar-refractivity contribution in [2.75, 3.05) is 7.11 Å². The minimum absolute atomic E-state index is 0.879. The van der Waals surface area contributed by atoms with Gasteiger partial charge in [-0.1, -0.05) is 30.3 Å². The van der Waals surface area contributed by atoms with Gasteiger partial charge in [0, 0.05) is 17.8 Å². The number of methoxy groups -OCH3 is 1. The Kier molecular flexibility index (Phi) is 3.30. The summed E-state index contributed by atoms with van der Waals surface area (Å²) >= 11 is 0. The lowest BCUT2D eigenvalue weighted by Gasteiger charge is -2.00.